The summed E-state index contributed by atoms with van der Waals surface area (Å²) in [6, 6.07) is 5.76. The lowest BCUT2D eigenvalue weighted by Crippen LogP contribution is -2.15. The standard InChI is InChI=1S/C16H11F6NO2/c17-15(18,19)9-5-10(16(20,21)22)7-12(6-9)23-11-1-2-13-14(8-11)25-4-3-24-13/h1-2,5-8,23H,3-4H2. The number of benzene rings is 2. The topological polar surface area (TPSA) is 30.5 Å². The molecule has 0 saturated heterocycles. The molecule has 1 aliphatic heterocycles. The smallest absolute Gasteiger partial charge is 0.416 e. The fourth-order valence-electron chi connectivity index (χ4n) is 2.31. The van der Waals surface area contributed by atoms with Gasteiger partial charge in [-0.2, -0.15) is 26.3 Å². The molecule has 1 heterocycles. The number of alkyl halides is 6. The normalized spacial score (nSPS) is 14.3. The maximum Gasteiger partial charge on any atom is 0.416 e. The summed E-state index contributed by atoms with van der Waals surface area (Å²) in [5.41, 5.74) is -2.83. The van der Waals surface area contributed by atoms with Crippen molar-refractivity contribution in [2.45, 2.75) is 12.4 Å². The Bertz CT molecular complexity index is 753. The molecule has 1 N–H and O–H groups in total. The van der Waals surface area contributed by atoms with Crippen LogP contribution >= 0.6 is 0 Å². The van der Waals surface area contributed by atoms with Crippen LogP contribution in [0.3, 0.4) is 0 Å². The molecule has 0 aromatic heterocycles. The minimum absolute atomic E-state index is 0.0784. The van der Waals surface area contributed by atoms with Crippen molar-refractivity contribution in [2.24, 2.45) is 0 Å². The summed E-state index contributed by atoms with van der Waals surface area (Å²) >= 11 is 0. The van der Waals surface area contributed by atoms with Crippen LogP contribution in [0.5, 0.6) is 11.5 Å². The molecule has 0 radical (unpaired) electrons. The first-order valence-electron chi connectivity index (χ1n) is 7.09. The van der Waals surface area contributed by atoms with Crippen LogP contribution in [-0.2, 0) is 12.4 Å². The van der Waals surface area contributed by atoms with E-state index in [-0.39, 0.29) is 17.4 Å². The van der Waals surface area contributed by atoms with Gasteiger partial charge in [0.15, 0.2) is 11.5 Å². The Kier molecular flexibility index (Phi) is 4.18. The van der Waals surface area contributed by atoms with Crippen molar-refractivity contribution in [1.29, 1.82) is 0 Å². The molecular weight excluding hydrogens is 352 g/mol. The predicted octanol–water partition coefficient (Wildman–Crippen LogP) is 5.24. The minimum atomic E-state index is -4.90. The van der Waals surface area contributed by atoms with E-state index in [9.17, 15) is 26.3 Å². The van der Waals surface area contributed by atoms with Crippen molar-refractivity contribution < 1.29 is 35.8 Å². The van der Waals surface area contributed by atoms with Crippen LogP contribution in [0.25, 0.3) is 0 Å². The Morgan fingerprint density at radius 3 is 1.80 bits per heavy atom. The Morgan fingerprint density at radius 2 is 1.24 bits per heavy atom. The summed E-state index contributed by atoms with van der Waals surface area (Å²) < 4.78 is 87.8. The lowest BCUT2D eigenvalue weighted by Gasteiger charge is -2.20. The highest BCUT2D eigenvalue weighted by Gasteiger charge is 2.37. The molecular formula is C16H11F6NO2. The Balaban J connectivity index is 1.96. The number of halogens is 6. The second-order valence-corrected chi connectivity index (χ2v) is 5.28. The first kappa shape index (κ1) is 17.2. The number of rotatable bonds is 2. The maximum atomic E-state index is 12.9. The van der Waals surface area contributed by atoms with Crippen LogP contribution in [-0.4, -0.2) is 13.2 Å². The molecule has 0 atom stereocenters. The van der Waals surface area contributed by atoms with Gasteiger partial charge in [-0.05, 0) is 30.3 Å². The zero-order chi connectivity index (χ0) is 18.2. The van der Waals surface area contributed by atoms with Crippen molar-refractivity contribution in [3.05, 3.63) is 47.5 Å². The molecule has 0 fully saturated rings. The van der Waals surface area contributed by atoms with Gasteiger partial charge in [0, 0.05) is 17.4 Å². The molecule has 3 rings (SSSR count). The average Bonchev–Trinajstić information content (AvgIpc) is 2.53. The molecule has 0 bridgehead atoms. The van der Waals surface area contributed by atoms with E-state index in [0.29, 0.717) is 36.8 Å². The fourth-order valence-corrected chi connectivity index (χ4v) is 2.31. The van der Waals surface area contributed by atoms with E-state index in [2.05, 4.69) is 5.32 Å². The molecule has 25 heavy (non-hydrogen) atoms. The molecule has 2 aromatic rings. The highest BCUT2D eigenvalue weighted by molar-refractivity contribution is 5.65. The first-order chi connectivity index (χ1) is 11.6. The molecule has 1 aliphatic rings. The van der Waals surface area contributed by atoms with E-state index < -0.39 is 23.5 Å². The van der Waals surface area contributed by atoms with Crippen LogP contribution in [0.15, 0.2) is 36.4 Å². The summed E-state index contributed by atoms with van der Waals surface area (Å²) in [5.74, 6) is 0.816. The fraction of sp³-hybridized carbons (Fsp3) is 0.250. The summed E-state index contributed by atoms with van der Waals surface area (Å²) in [7, 11) is 0. The van der Waals surface area contributed by atoms with Crippen molar-refractivity contribution in [3.63, 3.8) is 0 Å². The summed E-state index contributed by atoms with van der Waals surface area (Å²) in [4.78, 5) is 0. The molecule has 0 aliphatic carbocycles. The monoisotopic (exact) mass is 363 g/mol. The first-order valence-corrected chi connectivity index (χ1v) is 7.09. The van der Waals surface area contributed by atoms with E-state index in [1.54, 1.807) is 0 Å². The van der Waals surface area contributed by atoms with Crippen LogP contribution < -0.4 is 14.8 Å². The zero-order valence-electron chi connectivity index (χ0n) is 12.5. The van der Waals surface area contributed by atoms with Crippen molar-refractivity contribution >= 4 is 11.4 Å². The second kappa shape index (κ2) is 6.05. The summed E-state index contributed by atoms with van der Waals surface area (Å²) in [5, 5.41) is 2.54. The number of hydrogen-bond donors (Lipinski definition) is 1. The van der Waals surface area contributed by atoms with E-state index >= 15 is 0 Å². The number of fused-ring (bicyclic) bond motifs is 1. The predicted molar refractivity (Wildman–Crippen MR) is 77.2 cm³/mol. The molecule has 0 amide bonds. The van der Waals surface area contributed by atoms with E-state index in [4.69, 9.17) is 9.47 Å². The molecule has 2 aromatic carbocycles. The third kappa shape index (κ3) is 3.92. The van der Waals surface area contributed by atoms with Crippen LogP contribution in [0.1, 0.15) is 11.1 Å². The quantitative estimate of drug-likeness (QED) is 0.741. The van der Waals surface area contributed by atoms with Crippen LogP contribution in [0.4, 0.5) is 37.7 Å². The molecule has 0 saturated carbocycles. The van der Waals surface area contributed by atoms with Gasteiger partial charge in [-0.15, -0.1) is 0 Å². The molecule has 3 nitrogen and oxygen atoms in total. The van der Waals surface area contributed by atoms with E-state index in [1.807, 2.05) is 0 Å². The van der Waals surface area contributed by atoms with Gasteiger partial charge in [0.2, 0.25) is 0 Å². The number of nitrogens with one attached hydrogen (secondary N) is 1. The lowest BCUT2D eigenvalue weighted by molar-refractivity contribution is -0.143. The van der Waals surface area contributed by atoms with Gasteiger partial charge in [-0.25, -0.2) is 0 Å². The second-order valence-electron chi connectivity index (χ2n) is 5.28. The Morgan fingerprint density at radius 1 is 0.680 bits per heavy atom. The van der Waals surface area contributed by atoms with Gasteiger partial charge in [0.05, 0.1) is 11.1 Å². The molecule has 134 valence electrons. The van der Waals surface area contributed by atoms with Gasteiger partial charge < -0.3 is 14.8 Å². The van der Waals surface area contributed by atoms with Crippen LogP contribution in [0.2, 0.25) is 0 Å². The molecule has 9 heteroatoms. The van der Waals surface area contributed by atoms with Gasteiger partial charge in [-0.1, -0.05) is 0 Å². The third-order valence-electron chi connectivity index (χ3n) is 3.42. The van der Waals surface area contributed by atoms with Gasteiger partial charge in [-0.3, -0.25) is 0 Å². The molecule has 0 spiro atoms. The number of ether oxygens (including phenoxy) is 2. The number of hydrogen-bond acceptors (Lipinski definition) is 3. The lowest BCUT2D eigenvalue weighted by atomic mass is 10.1. The highest BCUT2D eigenvalue weighted by Crippen LogP contribution is 2.39. The molecule has 0 unspecified atom stereocenters. The minimum Gasteiger partial charge on any atom is -0.486 e. The van der Waals surface area contributed by atoms with Gasteiger partial charge in [0.1, 0.15) is 13.2 Å². The van der Waals surface area contributed by atoms with Gasteiger partial charge in [0.25, 0.3) is 0 Å². The largest absolute Gasteiger partial charge is 0.486 e. The average molecular weight is 363 g/mol. The zero-order valence-corrected chi connectivity index (χ0v) is 12.5. The SMILES string of the molecule is FC(F)(F)c1cc(Nc2ccc3c(c2)OCCO3)cc(C(F)(F)F)c1. The Hall–Kier alpha value is -2.58. The summed E-state index contributed by atoms with van der Waals surface area (Å²) in [6.07, 6.45) is -9.80. The van der Waals surface area contributed by atoms with Crippen LogP contribution in [0, 0.1) is 0 Å². The van der Waals surface area contributed by atoms with Gasteiger partial charge >= 0.3 is 12.4 Å². The highest BCUT2D eigenvalue weighted by atomic mass is 19.4. The number of anilines is 2. The summed E-state index contributed by atoms with van der Waals surface area (Å²) in [6.45, 7) is 0.667. The van der Waals surface area contributed by atoms with Crippen molar-refractivity contribution in [1.82, 2.24) is 0 Å². The van der Waals surface area contributed by atoms with E-state index in [0.717, 1.165) is 0 Å². The maximum absolute atomic E-state index is 12.9. The van der Waals surface area contributed by atoms with Crippen molar-refractivity contribution in [3.8, 4) is 11.5 Å². The third-order valence-corrected chi connectivity index (χ3v) is 3.42. The van der Waals surface area contributed by atoms with Crippen molar-refractivity contribution in [2.75, 3.05) is 18.5 Å². The van der Waals surface area contributed by atoms with E-state index in [1.165, 1.54) is 18.2 Å². The Labute approximate surface area is 138 Å².